The molecule has 5 nitrogen and oxygen atoms in total. The Balaban J connectivity index is 1.52. The van der Waals surface area contributed by atoms with E-state index in [9.17, 15) is 0 Å². The van der Waals surface area contributed by atoms with Gasteiger partial charge in [-0.3, -0.25) is 0 Å². The molecule has 1 aliphatic heterocycles. The van der Waals surface area contributed by atoms with E-state index in [1.54, 1.807) is 7.11 Å². The van der Waals surface area contributed by atoms with Gasteiger partial charge in [0.2, 0.25) is 0 Å². The minimum atomic E-state index is -0.575. The minimum absolute atomic E-state index is 0.327. The third-order valence-electron chi connectivity index (χ3n) is 5.72. The normalized spacial score (nSPS) is 22.4. The Morgan fingerprint density at radius 3 is 1.77 bits per heavy atom. The van der Waals surface area contributed by atoms with E-state index in [1.807, 2.05) is 97.1 Å². The lowest BCUT2D eigenvalue weighted by Crippen LogP contribution is -2.44. The molecule has 0 saturated carbocycles. The predicted molar refractivity (Wildman–Crippen MR) is 139 cm³/mol. The average molecular weight is 539 g/mol. The van der Waals surface area contributed by atoms with E-state index in [2.05, 4.69) is 15.9 Å². The number of hydrogen-bond acceptors (Lipinski definition) is 5. The summed E-state index contributed by atoms with van der Waals surface area (Å²) in [6, 6.07) is 30.3. The number of halogens is 1. The second-order valence-corrected chi connectivity index (χ2v) is 9.23. The highest BCUT2D eigenvalue weighted by Crippen LogP contribution is 2.29. The summed E-state index contributed by atoms with van der Waals surface area (Å²) in [6.45, 7) is 1.68. The number of hydrogen-bond donors (Lipinski definition) is 0. The summed E-state index contributed by atoms with van der Waals surface area (Å²) in [5, 5.41) is 0. The Kier molecular flexibility index (Phi) is 10.1. The van der Waals surface area contributed by atoms with Crippen molar-refractivity contribution in [1.29, 1.82) is 0 Å². The molecule has 1 aliphatic rings. The number of rotatable bonds is 11. The van der Waals surface area contributed by atoms with Crippen LogP contribution in [0.5, 0.6) is 0 Å². The van der Waals surface area contributed by atoms with E-state index in [4.69, 9.17) is 23.7 Å². The molecular formula is C29H31BrO5. The molecule has 0 spiro atoms. The van der Waals surface area contributed by atoms with Crippen molar-refractivity contribution < 1.29 is 23.7 Å². The van der Waals surface area contributed by atoms with Gasteiger partial charge in [0.1, 0.15) is 18.3 Å². The van der Waals surface area contributed by atoms with Gasteiger partial charge in [-0.2, -0.15) is 0 Å². The fraction of sp³-hybridized carbons (Fsp3) is 0.310. The largest absolute Gasteiger partial charge is 0.374 e. The van der Waals surface area contributed by atoms with Gasteiger partial charge in [-0.25, -0.2) is 0 Å². The second-order valence-electron chi connectivity index (χ2n) is 8.32. The van der Waals surface area contributed by atoms with Gasteiger partial charge >= 0.3 is 0 Å². The van der Waals surface area contributed by atoms with Gasteiger partial charge in [-0.05, 0) is 22.8 Å². The van der Waals surface area contributed by atoms with Gasteiger partial charge in [0.15, 0.2) is 6.29 Å². The van der Waals surface area contributed by atoms with Crippen LogP contribution in [-0.4, -0.2) is 38.3 Å². The van der Waals surface area contributed by atoms with Crippen molar-refractivity contribution in [3.63, 3.8) is 0 Å². The molecule has 6 heteroatoms. The first-order valence-electron chi connectivity index (χ1n) is 11.7. The first-order valence-corrected chi connectivity index (χ1v) is 12.5. The Morgan fingerprint density at radius 2 is 1.23 bits per heavy atom. The molecule has 35 heavy (non-hydrogen) atoms. The highest BCUT2D eigenvalue weighted by atomic mass is 79.9. The van der Waals surface area contributed by atoms with Crippen LogP contribution < -0.4 is 0 Å². The molecule has 0 N–H and O–H groups in total. The molecule has 0 saturated heterocycles. The highest BCUT2D eigenvalue weighted by molar-refractivity contribution is 9.11. The molecule has 0 amide bonds. The topological polar surface area (TPSA) is 46.2 Å². The zero-order valence-electron chi connectivity index (χ0n) is 19.8. The van der Waals surface area contributed by atoms with Crippen LogP contribution in [0.4, 0.5) is 0 Å². The molecule has 0 aliphatic carbocycles. The van der Waals surface area contributed by atoms with E-state index >= 15 is 0 Å². The van der Waals surface area contributed by atoms with Crippen LogP contribution >= 0.6 is 15.9 Å². The van der Waals surface area contributed by atoms with Crippen LogP contribution in [0.3, 0.4) is 0 Å². The monoisotopic (exact) mass is 538 g/mol. The van der Waals surface area contributed by atoms with Crippen molar-refractivity contribution in [1.82, 2.24) is 0 Å². The summed E-state index contributed by atoms with van der Waals surface area (Å²) in [5.41, 5.74) is 3.26. The quantitative estimate of drug-likeness (QED) is 0.298. The van der Waals surface area contributed by atoms with E-state index in [1.165, 1.54) is 0 Å². The van der Waals surface area contributed by atoms with E-state index in [0.29, 0.717) is 26.4 Å². The fourth-order valence-electron chi connectivity index (χ4n) is 3.89. The summed E-state index contributed by atoms with van der Waals surface area (Å²) in [6.07, 6.45) is 0.193. The second kappa shape index (κ2) is 13.7. The summed E-state index contributed by atoms with van der Waals surface area (Å²) in [7, 11) is 1.62. The van der Waals surface area contributed by atoms with Crippen LogP contribution in [-0.2, 0) is 43.5 Å². The molecule has 184 valence electrons. The van der Waals surface area contributed by atoms with Crippen molar-refractivity contribution in [2.45, 2.75) is 44.4 Å². The number of ether oxygens (including phenoxy) is 5. The van der Waals surface area contributed by atoms with Crippen molar-refractivity contribution >= 4 is 15.9 Å². The zero-order chi connectivity index (χ0) is 24.3. The smallest absolute Gasteiger partial charge is 0.190 e. The van der Waals surface area contributed by atoms with Gasteiger partial charge in [0.25, 0.3) is 0 Å². The van der Waals surface area contributed by atoms with Crippen LogP contribution in [0.2, 0.25) is 0 Å². The van der Waals surface area contributed by atoms with Gasteiger partial charge < -0.3 is 23.7 Å². The zero-order valence-corrected chi connectivity index (χ0v) is 21.4. The summed E-state index contributed by atoms with van der Waals surface area (Å²) < 4.78 is 31.6. The van der Waals surface area contributed by atoms with Crippen molar-refractivity contribution in [3.8, 4) is 0 Å². The number of benzene rings is 3. The first-order chi connectivity index (χ1) is 17.2. The Bertz CT molecular complexity index is 1030. The third kappa shape index (κ3) is 7.84. The summed E-state index contributed by atoms with van der Waals surface area (Å²) in [4.78, 5) is 0. The third-order valence-corrected chi connectivity index (χ3v) is 6.35. The molecule has 1 heterocycles. The van der Waals surface area contributed by atoms with Gasteiger partial charge in [-0.15, -0.1) is 0 Å². The number of methoxy groups -OCH3 is 1. The highest BCUT2D eigenvalue weighted by Gasteiger charge is 2.37. The van der Waals surface area contributed by atoms with E-state index < -0.39 is 18.5 Å². The molecule has 1 unspecified atom stereocenters. The summed E-state index contributed by atoms with van der Waals surface area (Å²) in [5.74, 6) is 0. The van der Waals surface area contributed by atoms with Gasteiger partial charge in [0.05, 0.1) is 26.4 Å². The molecule has 3 aromatic carbocycles. The Labute approximate surface area is 215 Å². The average Bonchev–Trinajstić information content (AvgIpc) is 3.03. The minimum Gasteiger partial charge on any atom is -0.374 e. The molecule has 0 radical (unpaired) electrons. The van der Waals surface area contributed by atoms with Crippen molar-refractivity contribution in [2.75, 3.05) is 13.7 Å². The first kappa shape index (κ1) is 25.8. The van der Waals surface area contributed by atoms with E-state index in [0.717, 1.165) is 21.2 Å². The molecule has 3 aromatic rings. The van der Waals surface area contributed by atoms with Crippen LogP contribution in [0.25, 0.3) is 0 Å². The molecule has 4 rings (SSSR count). The molecular weight excluding hydrogens is 508 g/mol. The van der Waals surface area contributed by atoms with Crippen molar-refractivity contribution in [2.24, 2.45) is 0 Å². The maximum absolute atomic E-state index is 6.46. The molecule has 0 fully saturated rings. The molecule has 0 aromatic heterocycles. The SMILES string of the molecule is COC1O[C@H](COCc2ccccc2)[C@H](OCc2ccccc2)[C@H](OCc2ccccc2)C=C1Br. The molecule has 4 atom stereocenters. The van der Waals surface area contributed by atoms with Crippen molar-refractivity contribution in [3.05, 3.63) is 118 Å². The van der Waals surface area contributed by atoms with Gasteiger partial charge in [0, 0.05) is 11.6 Å². The fourth-order valence-corrected chi connectivity index (χ4v) is 4.45. The van der Waals surface area contributed by atoms with E-state index in [-0.39, 0.29) is 6.10 Å². The van der Waals surface area contributed by atoms with Crippen LogP contribution in [0.1, 0.15) is 16.7 Å². The van der Waals surface area contributed by atoms with Crippen LogP contribution in [0.15, 0.2) is 102 Å². The van der Waals surface area contributed by atoms with Gasteiger partial charge in [-0.1, -0.05) is 107 Å². The molecule has 0 bridgehead atoms. The standard InChI is InChI=1S/C29H31BrO5/c1-31-29-25(30)17-26(33-19-23-13-7-3-8-14-23)28(34-20-24-15-9-4-10-16-24)27(35-29)21-32-18-22-11-5-2-6-12-22/h2-17,26-29H,18-21H2,1H3/t26-,27-,28-,29?/m1/s1. The maximum Gasteiger partial charge on any atom is 0.190 e. The lowest BCUT2D eigenvalue weighted by atomic mass is 10.1. The lowest BCUT2D eigenvalue weighted by molar-refractivity contribution is -0.199. The Hall–Kier alpha value is -2.32. The maximum atomic E-state index is 6.46. The summed E-state index contributed by atoms with van der Waals surface area (Å²) >= 11 is 3.62. The van der Waals surface area contributed by atoms with Crippen LogP contribution in [0, 0.1) is 0 Å². The Morgan fingerprint density at radius 1 is 0.714 bits per heavy atom. The lowest BCUT2D eigenvalue weighted by Gasteiger charge is -2.31. The predicted octanol–water partition coefficient (Wildman–Crippen LogP) is 6.02.